The lowest BCUT2D eigenvalue weighted by molar-refractivity contribution is 0.584. The van der Waals surface area contributed by atoms with Crippen LogP contribution in [0.2, 0.25) is 0 Å². The van der Waals surface area contributed by atoms with Crippen LogP contribution in [0.3, 0.4) is 0 Å². The summed E-state index contributed by atoms with van der Waals surface area (Å²) in [6, 6.07) is 8.48. The largest absolute Gasteiger partial charge is 0.357 e. The van der Waals surface area contributed by atoms with Crippen molar-refractivity contribution in [1.29, 1.82) is 0 Å². The maximum Gasteiger partial charge on any atom is 0.224 e. The second-order valence-corrected chi connectivity index (χ2v) is 4.30. The summed E-state index contributed by atoms with van der Waals surface area (Å²) in [5, 5.41) is 2.89. The Morgan fingerprint density at radius 1 is 1.26 bits per heavy atom. The monoisotopic (exact) mass is 260 g/mol. The van der Waals surface area contributed by atoms with Crippen molar-refractivity contribution in [1.82, 2.24) is 9.97 Å². The van der Waals surface area contributed by atoms with Crippen molar-refractivity contribution in [3.8, 4) is 0 Å². The molecule has 2 aromatic rings. The van der Waals surface area contributed by atoms with Gasteiger partial charge in [0, 0.05) is 25.9 Å². The van der Waals surface area contributed by atoms with E-state index in [4.69, 9.17) is 0 Å². The van der Waals surface area contributed by atoms with Crippen molar-refractivity contribution in [2.75, 3.05) is 24.3 Å². The molecule has 0 radical (unpaired) electrons. The number of halogens is 1. The number of benzene rings is 1. The highest BCUT2D eigenvalue weighted by Gasteiger charge is 2.16. The van der Waals surface area contributed by atoms with Gasteiger partial charge in [-0.1, -0.05) is 18.2 Å². The third kappa shape index (κ3) is 2.81. The zero-order valence-corrected chi connectivity index (χ0v) is 11.3. The van der Waals surface area contributed by atoms with Gasteiger partial charge >= 0.3 is 0 Å². The predicted octanol–water partition coefficient (Wildman–Crippen LogP) is 2.85. The van der Waals surface area contributed by atoms with Crippen LogP contribution in [0, 0.1) is 5.82 Å². The molecule has 1 N–H and O–H groups in total. The van der Waals surface area contributed by atoms with Crippen molar-refractivity contribution in [3.05, 3.63) is 47.9 Å². The molecule has 5 heteroatoms. The molecule has 0 aliphatic heterocycles. The Labute approximate surface area is 112 Å². The van der Waals surface area contributed by atoms with Crippen molar-refractivity contribution >= 4 is 11.8 Å². The molecule has 1 heterocycles. The molecule has 0 saturated carbocycles. The highest BCUT2D eigenvalue weighted by atomic mass is 19.1. The number of anilines is 2. The average Bonchev–Trinajstić information content (AvgIpc) is 2.46. The summed E-state index contributed by atoms with van der Waals surface area (Å²) in [7, 11) is 3.65. The standard InChI is InChI=1S/C14H17FN4/c1-10(11-6-4-5-7-12(11)15)19(3)13-8-9-17-14(16-2)18-13/h4-10H,1-3H3,(H,16,17,18). The first kappa shape index (κ1) is 13.3. The van der Waals surface area contributed by atoms with Gasteiger partial charge in [0.15, 0.2) is 0 Å². The van der Waals surface area contributed by atoms with Crippen LogP contribution in [0.5, 0.6) is 0 Å². The molecule has 0 aliphatic carbocycles. The molecule has 1 atom stereocenters. The maximum absolute atomic E-state index is 13.8. The SMILES string of the molecule is CNc1nccc(N(C)C(C)c2ccccc2F)n1. The fraction of sp³-hybridized carbons (Fsp3) is 0.286. The number of rotatable bonds is 4. The minimum absolute atomic E-state index is 0.110. The van der Waals surface area contributed by atoms with Gasteiger partial charge in [0.25, 0.3) is 0 Å². The molecule has 2 rings (SSSR count). The predicted molar refractivity (Wildman–Crippen MR) is 74.8 cm³/mol. The van der Waals surface area contributed by atoms with E-state index in [0.717, 1.165) is 5.82 Å². The Morgan fingerprint density at radius 3 is 2.68 bits per heavy atom. The van der Waals surface area contributed by atoms with E-state index in [9.17, 15) is 4.39 Å². The molecule has 0 bridgehead atoms. The van der Waals surface area contributed by atoms with Crippen molar-refractivity contribution in [3.63, 3.8) is 0 Å². The lowest BCUT2D eigenvalue weighted by Crippen LogP contribution is -2.23. The second-order valence-electron chi connectivity index (χ2n) is 4.30. The van der Waals surface area contributed by atoms with E-state index in [1.165, 1.54) is 6.07 Å². The van der Waals surface area contributed by atoms with Gasteiger partial charge in [-0.25, -0.2) is 9.37 Å². The fourth-order valence-electron chi connectivity index (χ4n) is 1.89. The van der Waals surface area contributed by atoms with Gasteiger partial charge in [0.1, 0.15) is 11.6 Å². The van der Waals surface area contributed by atoms with Crippen LogP contribution in [0.25, 0.3) is 0 Å². The molecule has 1 aromatic carbocycles. The van der Waals surface area contributed by atoms with E-state index in [0.29, 0.717) is 11.5 Å². The van der Waals surface area contributed by atoms with Crippen LogP contribution in [0.15, 0.2) is 36.5 Å². The van der Waals surface area contributed by atoms with Gasteiger partial charge in [0.05, 0.1) is 6.04 Å². The molecular formula is C14H17FN4. The lowest BCUT2D eigenvalue weighted by Gasteiger charge is -2.26. The van der Waals surface area contributed by atoms with E-state index < -0.39 is 0 Å². The summed E-state index contributed by atoms with van der Waals surface area (Å²) in [6.07, 6.45) is 1.68. The third-order valence-corrected chi connectivity index (χ3v) is 3.16. The minimum atomic E-state index is -0.204. The average molecular weight is 260 g/mol. The molecule has 100 valence electrons. The van der Waals surface area contributed by atoms with Crippen LogP contribution in [-0.4, -0.2) is 24.1 Å². The van der Waals surface area contributed by atoms with Gasteiger partial charge in [-0.15, -0.1) is 0 Å². The Kier molecular flexibility index (Phi) is 3.94. The number of hydrogen-bond acceptors (Lipinski definition) is 4. The number of nitrogens with zero attached hydrogens (tertiary/aromatic N) is 3. The maximum atomic E-state index is 13.8. The van der Waals surface area contributed by atoms with E-state index in [2.05, 4.69) is 15.3 Å². The highest BCUT2D eigenvalue weighted by molar-refractivity contribution is 5.44. The third-order valence-electron chi connectivity index (χ3n) is 3.16. The Morgan fingerprint density at radius 2 is 2.00 bits per heavy atom. The molecule has 0 spiro atoms. The number of hydrogen-bond donors (Lipinski definition) is 1. The van der Waals surface area contributed by atoms with E-state index in [1.54, 1.807) is 31.4 Å². The highest BCUT2D eigenvalue weighted by Crippen LogP contribution is 2.25. The lowest BCUT2D eigenvalue weighted by atomic mass is 10.1. The quantitative estimate of drug-likeness (QED) is 0.917. The minimum Gasteiger partial charge on any atom is -0.357 e. The first-order valence-electron chi connectivity index (χ1n) is 6.11. The molecule has 0 amide bonds. The molecular weight excluding hydrogens is 243 g/mol. The zero-order valence-electron chi connectivity index (χ0n) is 11.3. The van der Waals surface area contributed by atoms with Crippen molar-refractivity contribution < 1.29 is 4.39 Å². The Hall–Kier alpha value is -2.17. The summed E-state index contributed by atoms with van der Waals surface area (Å²) < 4.78 is 13.8. The summed E-state index contributed by atoms with van der Waals surface area (Å²) in [5.74, 6) is 1.09. The molecule has 19 heavy (non-hydrogen) atoms. The first-order valence-corrected chi connectivity index (χ1v) is 6.11. The zero-order chi connectivity index (χ0) is 13.8. The smallest absolute Gasteiger partial charge is 0.224 e. The van der Waals surface area contributed by atoms with Gasteiger partial charge in [-0.2, -0.15) is 4.98 Å². The summed E-state index contributed by atoms with van der Waals surface area (Å²) in [6.45, 7) is 1.94. The Balaban J connectivity index is 2.28. The fourth-order valence-corrected chi connectivity index (χ4v) is 1.89. The Bertz CT molecular complexity index is 559. The molecule has 1 unspecified atom stereocenters. The van der Waals surface area contributed by atoms with E-state index >= 15 is 0 Å². The van der Waals surface area contributed by atoms with Gasteiger partial charge in [-0.3, -0.25) is 0 Å². The topological polar surface area (TPSA) is 41.1 Å². The summed E-state index contributed by atoms with van der Waals surface area (Å²) in [4.78, 5) is 10.3. The molecule has 4 nitrogen and oxygen atoms in total. The summed E-state index contributed by atoms with van der Waals surface area (Å²) >= 11 is 0. The van der Waals surface area contributed by atoms with Gasteiger partial charge in [-0.05, 0) is 19.1 Å². The second kappa shape index (κ2) is 5.65. The van der Waals surface area contributed by atoms with Crippen molar-refractivity contribution in [2.24, 2.45) is 0 Å². The van der Waals surface area contributed by atoms with Crippen LogP contribution < -0.4 is 10.2 Å². The van der Waals surface area contributed by atoms with E-state index in [1.807, 2.05) is 24.9 Å². The van der Waals surface area contributed by atoms with Crippen molar-refractivity contribution in [2.45, 2.75) is 13.0 Å². The number of aromatic nitrogens is 2. The molecule has 0 saturated heterocycles. The number of nitrogens with one attached hydrogen (secondary N) is 1. The van der Waals surface area contributed by atoms with Crippen LogP contribution in [0.4, 0.5) is 16.2 Å². The summed E-state index contributed by atoms with van der Waals surface area (Å²) in [5.41, 5.74) is 0.648. The van der Waals surface area contributed by atoms with Gasteiger partial charge in [0.2, 0.25) is 5.95 Å². The van der Waals surface area contributed by atoms with Crippen LogP contribution in [-0.2, 0) is 0 Å². The van der Waals surface area contributed by atoms with Crippen LogP contribution in [0.1, 0.15) is 18.5 Å². The normalized spacial score (nSPS) is 12.0. The molecule has 1 aromatic heterocycles. The van der Waals surface area contributed by atoms with Crippen LogP contribution >= 0.6 is 0 Å². The van der Waals surface area contributed by atoms with Gasteiger partial charge < -0.3 is 10.2 Å². The van der Waals surface area contributed by atoms with E-state index in [-0.39, 0.29) is 11.9 Å². The first-order chi connectivity index (χ1) is 9.13. The molecule has 0 fully saturated rings. The molecule has 0 aliphatic rings.